The lowest BCUT2D eigenvalue weighted by molar-refractivity contribution is 0.0977. The number of fused-ring (bicyclic) bond motifs is 1. The van der Waals surface area contributed by atoms with E-state index in [1.807, 2.05) is 0 Å². The zero-order valence-corrected chi connectivity index (χ0v) is 15.7. The number of ether oxygens (including phenoxy) is 1. The molecule has 0 aliphatic heterocycles. The van der Waals surface area contributed by atoms with Gasteiger partial charge in [0.2, 0.25) is 5.76 Å². The predicted molar refractivity (Wildman–Crippen MR) is 108 cm³/mol. The number of rotatable bonds is 5. The molecule has 4 aromatic rings. The SMILES string of the molecule is COc1ccc2c(NC(=O)c3cccc(-n4c(O)ccc4O)c3)c(C(N)=O)oc2c1. The van der Waals surface area contributed by atoms with Crippen LogP contribution in [0, 0.1) is 0 Å². The molecule has 30 heavy (non-hydrogen) atoms. The van der Waals surface area contributed by atoms with Crippen LogP contribution < -0.4 is 15.8 Å². The fourth-order valence-electron chi connectivity index (χ4n) is 3.15. The van der Waals surface area contributed by atoms with Gasteiger partial charge in [0.15, 0.2) is 11.8 Å². The largest absolute Gasteiger partial charge is 0.497 e. The van der Waals surface area contributed by atoms with Gasteiger partial charge < -0.3 is 30.4 Å². The number of aromatic nitrogens is 1. The van der Waals surface area contributed by atoms with Crippen LogP contribution in [0.3, 0.4) is 0 Å². The van der Waals surface area contributed by atoms with Gasteiger partial charge in [-0.05, 0) is 30.3 Å². The summed E-state index contributed by atoms with van der Waals surface area (Å²) in [6.07, 6.45) is 0. The number of carbonyl (C=O) groups excluding carboxylic acids is 2. The van der Waals surface area contributed by atoms with Crippen molar-refractivity contribution in [2.45, 2.75) is 0 Å². The maximum absolute atomic E-state index is 12.9. The number of hydrogen-bond donors (Lipinski definition) is 4. The highest BCUT2D eigenvalue weighted by atomic mass is 16.5. The highest BCUT2D eigenvalue weighted by Gasteiger charge is 2.22. The van der Waals surface area contributed by atoms with E-state index in [9.17, 15) is 19.8 Å². The molecule has 0 bridgehead atoms. The van der Waals surface area contributed by atoms with Gasteiger partial charge in [-0.1, -0.05) is 6.07 Å². The zero-order valence-electron chi connectivity index (χ0n) is 15.7. The van der Waals surface area contributed by atoms with Crippen LogP contribution in [0.5, 0.6) is 17.5 Å². The number of nitrogens with two attached hydrogens (primary N) is 1. The Morgan fingerprint density at radius 3 is 2.47 bits per heavy atom. The van der Waals surface area contributed by atoms with Crippen molar-refractivity contribution in [3.05, 3.63) is 65.9 Å². The standard InChI is InChI=1S/C21H17N3O6/c1-29-13-5-6-14-15(10-13)30-19(20(22)27)18(14)23-21(28)11-3-2-4-12(9-11)24-16(25)7-8-17(24)26/h2-10,25-26H,1H3,(H2,22,27)(H,23,28). The molecule has 0 aliphatic rings. The van der Waals surface area contributed by atoms with E-state index in [-0.39, 0.29) is 28.8 Å². The summed E-state index contributed by atoms with van der Waals surface area (Å²) in [5, 5.41) is 23.0. The molecule has 2 aromatic heterocycles. The summed E-state index contributed by atoms with van der Waals surface area (Å²) in [5.74, 6) is -1.42. The lowest BCUT2D eigenvalue weighted by Gasteiger charge is -2.09. The molecule has 0 fully saturated rings. The second-order valence-electron chi connectivity index (χ2n) is 6.42. The first kappa shape index (κ1) is 18.9. The first-order valence-electron chi connectivity index (χ1n) is 8.81. The number of carbonyl (C=O) groups is 2. The van der Waals surface area contributed by atoms with Crippen LogP contribution in [0.1, 0.15) is 20.9 Å². The molecule has 9 heteroatoms. The molecular formula is C21H17N3O6. The first-order valence-corrected chi connectivity index (χ1v) is 8.81. The van der Waals surface area contributed by atoms with E-state index in [4.69, 9.17) is 14.9 Å². The lowest BCUT2D eigenvalue weighted by Crippen LogP contribution is -2.17. The molecule has 0 aliphatic carbocycles. The van der Waals surface area contributed by atoms with Gasteiger partial charge in [-0.25, -0.2) is 0 Å². The molecule has 0 unspecified atom stereocenters. The van der Waals surface area contributed by atoms with Crippen LogP contribution in [0.4, 0.5) is 5.69 Å². The number of nitrogens with zero attached hydrogens (tertiary/aromatic N) is 1. The highest BCUT2D eigenvalue weighted by molar-refractivity contribution is 6.14. The number of amides is 2. The average molecular weight is 407 g/mol. The summed E-state index contributed by atoms with van der Waals surface area (Å²) >= 11 is 0. The third kappa shape index (κ3) is 3.18. The van der Waals surface area contributed by atoms with Crippen LogP contribution in [0.25, 0.3) is 16.7 Å². The Bertz CT molecular complexity index is 1270. The van der Waals surface area contributed by atoms with Crippen molar-refractivity contribution in [1.82, 2.24) is 4.57 Å². The van der Waals surface area contributed by atoms with Crippen LogP contribution in [0.15, 0.2) is 59.0 Å². The van der Waals surface area contributed by atoms with Gasteiger partial charge in [-0.15, -0.1) is 0 Å². The Balaban J connectivity index is 1.73. The molecule has 152 valence electrons. The molecule has 9 nitrogen and oxygen atoms in total. The second-order valence-corrected chi connectivity index (χ2v) is 6.42. The van der Waals surface area contributed by atoms with E-state index in [0.29, 0.717) is 22.4 Å². The van der Waals surface area contributed by atoms with Crippen molar-refractivity contribution in [3.63, 3.8) is 0 Å². The quantitative estimate of drug-likeness (QED) is 0.401. The Morgan fingerprint density at radius 2 is 1.80 bits per heavy atom. The molecule has 0 spiro atoms. The van der Waals surface area contributed by atoms with Crippen LogP contribution in [0.2, 0.25) is 0 Å². The molecule has 0 saturated heterocycles. The molecule has 2 aromatic carbocycles. The van der Waals surface area contributed by atoms with Gasteiger partial charge in [0.1, 0.15) is 17.0 Å². The predicted octanol–water partition coefficient (Wildman–Crippen LogP) is 2.99. The van der Waals surface area contributed by atoms with Gasteiger partial charge in [-0.2, -0.15) is 0 Å². The number of hydrogen-bond acceptors (Lipinski definition) is 6. The second kappa shape index (κ2) is 7.21. The Morgan fingerprint density at radius 1 is 1.07 bits per heavy atom. The zero-order chi connectivity index (χ0) is 21.4. The van der Waals surface area contributed by atoms with Crippen LogP contribution in [-0.2, 0) is 0 Å². The lowest BCUT2D eigenvalue weighted by atomic mass is 10.1. The van der Waals surface area contributed by atoms with E-state index in [1.165, 1.54) is 29.9 Å². The minimum absolute atomic E-state index is 0.141. The van der Waals surface area contributed by atoms with E-state index in [1.54, 1.807) is 36.4 Å². The number of nitrogens with one attached hydrogen (secondary N) is 1. The Labute approximate surface area is 169 Å². The summed E-state index contributed by atoms with van der Waals surface area (Å²) < 4.78 is 11.8. The summed E-state index contributed by atoms with van der Waals surface area (Å²) in [6, 6.07) is 13.8. The van der Waals surface area contributed by atoms with Gasteiger partial charge >= 0.3 is 0 Å². The van der Waals surface area contributed by atoms with Crippen molar-refractivity contribution in [2.24, 2.45) is 5.73 Å². The summed E-state index contributed by atoms with van der Waals surface area (Å²) in [7, 11) is 1.50. The number of primary amides is 1. The number of aromatic hydroxyl groups is 2. The summed E-state index contributed by atoms with van der Waals surface area (Å²) in [5.41, 5.74) is 6.48. The highest BCUT2D eigenvalue weighted by Crippen LogP contribution is 2.34. The van der Waals surface area contributed by atoms with E-state index >= 15 is 0 Å². The Kier molecular flexibility index (Phi) is 4.55. The van der Waals surface area contributed by atoms with E-state index in [0.717, 1.165) is 0 Å². The molecular weight excluding hydrogens is 390 g/mol. The average Bonchev–Trinajstić information content (AvgIpc) is 3.27. The summed E-state index contributed by atoms with van der Waals surface area (Å²) in [6.45, 7) is 0. The third-order valence-electron chi connectivity index (χ3n) is 4.57. The maximum atomic E-state index is 12.9. The molecule has 2 heterocycles. The Hall–Kier alpha value is -4.40. The van der Waals surface area contributed by atoms with Gasteiger partial charge in [0.25, 0.3) is 11.8 Å². The minimum atomic E-state index is -0.837. The van der Waals surface area contributed by atoms with Gasteiger partial charge in [0.05, 0.1) is 12.8 Å². The third-order valence-corrected chi connectivity index (χ3v) is 4.57. The van der Waals surface area contributed by atoms with Crippen molar-refractivity contribution >= 4 is 28.5 Å². The minimum Gasteiger partial charge on any atom is -0.497 e. The van der Waals surface area contributed by atoms with Gasteiger partial charge in [0, 0.05) is 29.1 Å². The number of furan rings is 1. The molecule has 0 radical (unpaired) electrons. The van der Waals surface area contributed by atoms with Crippen molar-refractivity contribution in [2.75, 3.05) is 12.4 Å². The summed E-state index contributed by atoms with van der Waals surface area (Å²) in [4.78, 5) is 24.7. The van der Waals surface area contributed by atoms with E-state index in [2.05, 4.69) is 5.32 Å². The number of benzene rings is 2. The monoisotopic (exact) mass is 407 g/mol. The topological polar surface area (TPSA) is 140 Å². The number of anilines is 1. The molecule has 2 amide bonds. The fourth-order valence-corrected chi connectivity index (χ4v) is 3.15. The van der Waals surface area contributed by atoms with Gasteiger partial charge in [-0.3, -0.25) is 14.2 Å². The number of methoxy groups -OCH3 is 1. The molecule has 0 saturated carbocycles. The fraction of sp³-hybridized carbons (Fsp3) is 0.0476. The van der Waals surface area contributed by atoms with Crippen LogP contribution in [-0.4, -0.2) is 33.7 Å². The molecule has 5 N–H and O–H groups in total. The van der Waals surface area contributed by atoms with E-state index < -0.39 is 11.8 Å². The van der Waals surface area contributed by atoms with Crippen molar-refractivity contribution in [1.29, 1.82) is 0 Å². The maximum Gasteiger partial charge on any atom is 0.286 e. The first-order chi connectivity index (χ1) is 14.4. The molecule has 0 atom stereocenters. The molecule has 4 rings (SSSR count). The smallest absolute Gasteiger partial charge is 0.286 e. The van der Waals surface area contributed by atoms with Crippen LogP contribution >= 0.6 is 0 Å². The van der Waals surface area contributed by atoms with Crippen molar-refractivity contribution in [3.8, 4) is 23.2 Å². The van der Waals surface area contributed by atoms with Crippen molar-refractivity contribution < 1.29 is 29.0 Å². The normalized spacial score (nSPS) is 10.8.